The smallest absolute Gasteiger partial charge is 0.223 e. The van der Waals surface area contributed by atoms with Crippen LogP contribution in [0.15, 0.2) is 24.3 Å². The van der Waals surface area contributed by atoms with E-state index < -0.39 is 0 Å². The molecule has 1 aromatic rings. The molecule has 0 spiro atoms. The van der Waals surface area contributed by atoms with Crippen LogP contribution in [0, 0.1) is 0 Å². The molecule has 0 bridgehead atoms. The topological polar surface area (TPSA) is 47.6 Å². The van der Waals surface area contributed by atoms with Gasteiger partial charge in [-0.05, 0) is 24.1 Å². The standard InChI is InChI=1S/C14H21NO3/c1-3-12-4-6-13(7-5-12)18-10-8-14(16)15-9-11-17-2/h4-7H,3,8-11H2,1-2H3,(H,15,16). The van der Waals surface area contributed by atoms with E-state index in [4.69, 9.17) is 9.47 Å². The largest absolute Gasteiger partial charge is 0.493 e. The third-order valence-corrected chi connectivity index (χ3v) is 2.56. The number of carbonyl (C=O) groups is 1. The van der Waals surface area contributed by atoms with Gasteiger partial charge in [0.2, 0.25) is 5.91 Å². The number of rotatable bonds is 8. The number of carbonyl (C=O) groups excluding carboxylic acids is 1. The van der Waals surface area contributed by atoms with Gasteiger partial charge in [0.25, 0.3) is 0 Å². The molecule has 1 amide bonds. The van der Waals surface area contributed by atoms with Gasteiger partial charge in [-0.1, -0.05) is 19.1 Å². The molecule has 18 heavy (non-hydrogen) atoms. The fraction of sp³-hybridized carbons (Fsp3) is 0.500. The normalized spacial score (nSPS) is 10.1. The fourth-order valence-electron chi connectivity index (χ4n) is 1.46. The molecule has 0 aromatic heterocycles. The Bertz CT molecular complexity index is 349. The Morgan fingerprint density at radius 2 is 1.94 bits per heavy atom. The van der Waals surface area contributed by atoms with E-state index in [1.54, 1.807) is 7.11 Å². The lowest BCUT2D eigenvalue weighted by Gasteiger charge is -2.07. The maximum absolute atomic E-state index is 11.4. The van der Waals surface area contributed by atoms with Crippen molar-refractivity contribution in [3.8, 4) is 5.75 Å². The summed E-state index contributed by atoms with van der Waals surface area (Å²) >= 11 is 0. The SMILES string of the molecule is CCc1ccc(OCCC(=O)NCCOC)cc1. The van der Waals surface area contributed by atoms with E-state index in [9.17, 15) is 4.79 Å². The minimum Gasteiger partial charge on any atom is -0.493 e. The van der Waals surface area contributed by atoms with Gasteiger partial charge in [0.05, 0.1) is 19.6 Å². The first-order valence-corrected chi connectivity index (χ1v) is 6.23. The molecule has 100 valence electrons. The lowest BCUT2D eigenvalue weighted by Crippen LogP contribution is -2.28. The average molecular weight is 251 g/mol. The van der Waals surface area contributed by atoms with Crippen LogP contribution in [0.3, 0.4) is 0 Å². The summed E-state index contributed by atoms with van der Waals surface area (Å²) in [7, 11) is 1.61. The van der Waals surface area contributed by atoms with Gasteiger partial charge in [0.1, 0.15) is 5.75 Å². The van der Waals surface area contributed by atoms with Gasteiger partial charge in [-0.15, -0.1) is 0 Å². The van der Waals surface area contributed by atoms with Crippen molar-refractivity contribution in [2.75, 3.05) is 26.9 Å². The second kappa shape index (κ2) is 8.53. The van der Waals surface area contributed by atoms with Gasteiger partial charge in [-0.2, -0.15) is 0 Å². The van der Waals surface area contributed by atoms with E-state index in [0.717, 1.165) is 12.2 Å². The van der Waals surface area contributed by atoms with Crippen LogP contribution < -0.4 is 10.1 Å². The van der Waals surface area contributed by atoms with Gasteiger partial charge < -0.3 is 14.8 Å². The molecule has 4 nitrogen and oxygen atoms in total. The minimum absolute atomic E-state index is 0.0165. The third kappa shape index (κ3) is 5.68. The first kappa shape index (κ1) is 14.5. The Kier molecular flexibility index (Phi) is 6.87. The number of hydrogen-bond donors (Lipinski definition) is 1. The van der Waals surface area contributed by atoms with Crippen LogP contribution in [0.5, 0.6) is 5.75 Å². The predicted octanol–water partition coefficient (Wildman–Crippen LogP) is 1.78. The second-order valence-corrected chi connectivity index (χ2v) is 3.94. The van der Waals surface area contributed by atoms with Gasteiger partial charge in [0.15, 0.2) is 0 Å². The molecule has 0 aliphatic heterocycles. The zero-order chi connectivity index (χ0) is 13.2. The van der Waals surface area contributed by atoms with Crippen molar-refractivity contribution in [2.24, 2.45) is 0 Å². The molecule has 0 unspecified atom stereocenters. The Balaban J connectivity index is 2.18. The van der Waals surface area contributed by atoms with Gasteiger partial charge >= 0.3 is 0 Å². The van der Waals surface area contributed by atoms with Gasteiger partial charge in [0, 0.05) is 13.7 Å². The summed E-state index contributed by atoms with van der Waals surface area (Å²) in [4.78, 5) is 11.4. The van der Waals surface area contributed by atoms with E-state index in [2.05, 4.69) is 12.2 Å². The number of aryl methyl sites for hydroxylation is 1. The number of amides is 1. The van der Waals surface area contributed by atoms with E-state index in [1.807, 2.05) is 24.3 Å². The van der Waals surface area contributed by atoms with Crippen LogP contribution in [0.4, 0.5) is 0 Å². The summed E-state index contributed by atoms with van der Waals surface area (Å²) in [6.07, 6.45) is 1.38. The zero-order valence-corrected chi connectivity index (χ0v) is 11.1. The molecule has 1 N–H and O–H groups in total. The highest BCUT2D eigenvalue weighted by Crippen LogP contribution is 2.12. The number of methoxy groups -OCH3 is 1. The molecule has 1 aromatic carbocycles. The number of ether oxygens (including phenoxy) is 2. The van der Waals surface area contributed by atoms with Crippen molar-refractivity contribution in [1.29, 1.82) is 0 Å². The second-order valence-electron chi connectivity index (χ2n) is 3.94. The van der Waals surface area contributed by atoms with Gasteiger partial charge in [-0.25, -0.2) is 0 Å². The molecule has 0 fully saturated rings. The monoisotopic (exact) mass is 251 g/mol. The molecule has 0 saturated carbocycles. The van der Waals surface area contributed by atoms with E-state index in [1.165, 1.54) is 5.56 Å². The molecule has 0 radical (unpaired) electrons. The van der Waals surface area contributed by atoms with Crippen LogP contribution in [-0.2, 0) is 16.0 Å². The maximum atomic E-state index is 11.4. The van der Waals surface area contributed by atoms with E-state index in [-0.39, 0.29) is 5.91 Å². The highest BCUT2D eigenvalue weighted by molar-refractivity contribution is 5.75. The van der Waals surface area contributed by atoms with Crippen molar-refractivity contribution >= 4 is 5.91 Å². The van der Waals surface area contributed by atoms with E-state index >= 15 is 0 Å². The van der Waals surface area contributed by atoms with Crippen LogP contribution in [0.1, 0.15) is 18.9 Å². The fourth-order valence-corrected chi connectivity index (χ4v) is 1.46. The minimum atomic E-state index is -0.0165. The van der Waals surface area contributed by atoms with Crippen molar-refractivity contribution in [3.63, 3.8) is 0 Å². The van der Waals surface area contributed by atoms with Crippen LogP contribution in [0.2, 0.25) is 0 Å². The molecule has 4 heteroatoms. The summed E-state index contributed by atoms with van der Waals surface area (Å²) in [5.74, 6) is 0.786. The average Bonchev–Trinajstić information content (AvgIpc) is 2.40. The van der Waals surface area contributed by atoms with Crippen LogP contribution >= 0.6 is 0 Å². The highest BCUT2D eigenvalue weighted by atomic mass is 16.5. The summed E-state index contributed by atoms with van der Waals surface area (Å²) in [6, 6.07) is 7.94. The number of nitrogens with one attached hydrogen (secondary N) is 1. The quantitative estimate of drug-likeness (QED) is 0.716. The molecular formula is C14H21NO3. The maximum Gasteiger partial charge on any atom is 0.223 e. The highest BCUT2D eigenvalue weighted by Gasteiger charge is 2.01. The molecule has 0 saturated heterocycles. The van der Waals surface area contributed by atoms with Crippen molar-refractivity contribution in [1.82, 2.24) is 5.32 Å². The molecule has 1 rings (SSSR count). The first-order chi connectivity index (χ1) is 8.76. The zero-order valence-electron chi connectivity index (χ0n) is 11.1. The third-order valence-electron chi connectivity index (χ3n) is 2.56. The van der Waals surface area contributed by atoms with E-state index in [0.29, 0.717) is 26.2 Å². The van der Waals surface area contributed by atoms with Crippen LogP contribution in [-0.4, -0.2) is 32.8 Å². The van der Waals surface area contributed by atoms with Crippen molar-refractivity contribution in [3.05, 3.63) is 29.8 Å². The molecule has 0 aliphatic rings. The number of hydrogen-bond acceptors (Lipinski definition) is 3. The Morgan fingerprint density at radius 3 is 2.56 bits per heavy atom. The van der Waals surface area contributed by atoms with Crippen molar-refractivity contribution < 1.29 is 14.3 Å². The molecule has 0 heterocycles. The van der Waals surface area contributed by atoms with Crippen molar-refractivity contribution in [2.45, 2.75) is 19.8 Å². The summed E-state index contributed by atoms with van der Waals surface area (Å²) in [5.41, 5.74) is 1.28. The first-order valence-electron chi connectivity index (χ1n) is 6.23. The predicted molar refractivity (Wildman–Crippen MR) is 70.8 cm³/mol. The molecule has 0 aliphatic carbocycles. The van der Waals surface area contributed by atoms with Crippen LogP contribution in [0.25, 0.3) is 0 Å². The Hall–Kier alpha value is -1.55. The lowest BCUT2D eigenvalue weighted by atomic mass is 10.2. The summed E-state index contributed by atoms with van der Waals surface area (Å²) < 4.78 is 10.3. The van der Waals surface area contributed by atoms with Gasteiger partial charge in [-0.3, -0.25) is 4.79 Å². The molecular weight excluding hydrogens is 230 g/mol. The Morgan fingerprint density at radius 1 is 1.22 bits per heavy atom. The Labute approximate surface area is 108 Å². The summed E-state index contributed by atoms with van der Waals surface area (Å²) in [6.45, 7) is 3.58. The molecule has 0 atom stereocenters. The summed E-state index contributed by atoms with van der Waals surface area (Å²) in [5, 5.41) is 2.74. The number of benzene rings is 1. The lowest BCUT2D eigenvalue weighted by molar-refractivity contribution is -0.121.